The van der Waals surface area contributed by atoms with Gasteiger partial charge < -0.3 is 14.0 Å². The number of fused-ring (bicyclic) bond motifs is 2. The Morgan fingerprint density at radius 3 is 2.54 bits per heavy atom. The summed E-state index contributed by atoms with van der Waals surface area (Å²) in [4.78, 5) is 18.2. The molecule has 7 heteroatoms. The summed E-state index contributed by atoms with van der Waals surface area (Å²) < 4.78 is 14.5. The van der Waals surface area contributed by atoms with Gasteiger partial charge in [0.05, 0.1) is 17.1 Å². The van der Waals surface area contributed by atoms with Crippen LogP contribution >= 0.6 is 0 Å². The number of benzene rings is 3. The molecule has 172 valence electrons. The van der Waals surface area contributed by atoms with Crippen LogP contribution in [0.3, 0.4) is 0 Å². The Morgan fingerprint density at radius 2 is 1.69 bits per heavy atom. The van der Waals surface area contributed by atoms with Gasteiger partial charge in [0.2, 0.25) is 6.79 Å². The van der Waals surface area contributed by atoms with Gasteiger partial charge in [-0.25, -0.2) is 4.98 Å². The fourth-order valence-electron chi connectivity index (χ4n) is 4.46. The lowest BCUT2D eigenvalue weighted by molar-refractivity contribution is 0.174. The molecule has 5 aromatic rings. The molecule has 0 spiro atoms. The van der Waals surface area contributed by atoms with E-state index in [1.807, 2.05) is 86.6 Å². The molecule has 7 nitrogen and oxygen atoms in total. The molecule has 3 aromatic carbocycles. The first kappa shape index (κ1) is 20.9. The first-order chi connectivity index (χ1) is 17.1. The molecular weight excluding hydrogens is 440 g/mol. The Morgan fingerprint density at radius 1 is 0.914 bits per heavy atom. The van der Waals surface area contributed by atoms with Gasteiger partial charge in [-0.2, -0.15) is 9.78 Å². The molecule has 1 aliphatic rings. The van der Waals surface area contributed by atoms with E-state index in [1.54, 1.807) is 12.3 Å². The number of hydrogen-bond donors (Lipinski definition) is 0. The van der Waals surface area contributed by atoms with Crippen molar-refractivity contribution in [3.63, 3.8) is 0 Å². The van der Waals surface area contributed by atoms with Crippen LogP contribution in [0.2, 0.25) is 0 Å². The van der Waals surface area contributed by atoms with Crippen molar-refractivity contribution in [1.82, 2.24) is 14.2 Å². The second kappa shape index (κ2) is 8.29. The van der Waals surface area contributed by atoms with Gasteiger partial charge in [-0.15, -0.1) is 0 Å². The monoisotopic (exact) mass is 462 g/mol. The molecule has 0 aliphatic carbocycles. The Balaban J connectivity index is 1.46. The molecule has 0 unspecified atom stereocenters. The summed E-state index contributed by atoms with van der Waals surface area (Å²) in [6.07, 6.45) is 1.72. The summed E-state index contributed by atoms with van der Waals surface area (Å²) in [5.41, 5.74) is 5.15. The van der Waals surface area contributed by atoms with E-state index in [9.17, 15) is 4.79 Å². The van der Waals surface area contributed by atoms with E-state index < -0.39 is 0 Å². The van der Waals surface area contributed by atoms with Gasteiger partial charge in [-0.1, -0.05) is 42.5 Å². The second-order valence-corrected chi connectivity index (χ2v) is 8.38. The first-order valence-corrected chi connectivity index (χ1v) is 11.3. The Labute approximate surface area is 201 Å². The zero-order chi connectivity index (χ0) is 23.9. The minimum Gasteiger partial charge on any atom is -0.454 e. The summed E-state index contributed by atoms with van der Waals surface area (Å²) >= 11 is 0. The minimum atomic E-state index is -0.213. The summed E-state index contributed by atoms with van der Waals surface area (Å²) in [7, 11) is 0. The van der Waals surface area contributed by atoms with Crippen molar-refractivity contribution in [2.45, 2.75) is 13.8 Å². The average molecular weight is 463 g/mol. The van der Waals surface area contributed by atoms with Crippen LogP contribution in [-0.4, -0.2) is 27.2 Å². The molecule has 0 saturated heterocycles. The number of hydrogen-bond acceptors (Lipinski definition) is 5. The van der Waals surface area contributed by atoms with Crippen molar-refractivity contribution < 1.29 is 9.47 Å². The predicted octanol–water partition coefficient (Wildman–Crippen LogP) is 5.08. The lowest BCUT2D eigenvalue weighted by Crippen LogP contribution is -2.20. The molecule has 1 aliphatic heterocycles. The number of ether oxygens (including phenoxy) is 2. The maximum atomic E-state index is 13.4. The van der Waals surface area contributed by atoms with Crippen molar-refractivity contribution >= 4 is 17.1 Å². The van der Waals surface area contributed by atoms with Gasteiger partial charge in [0, 0.05) is 34.3 Å². The highest BCUT2D eigenvalue weighted by Gasteiger charge is 2.17. The van der Waals surface area contributed by atoms with Crippen molar-refractivity contribution in [3.05, 3.63) is 106 Å². The summed E-state index contributed by atoms with van der Waals surface area (Å²) in [5, 5.41) is 5.15. The molecule has 0 fully saturated rings. The number of aryl methyl sites for hydroxylation is 1. The molecule has 2 aromatic heterocycles. The van der Waals surface area contributed by atoms with E-state index in [4.69, 9.17) is 14.5 Å². The number of aromatic nitrogens is 3. The third-order valence-corrected chi connectivity index (χ3v) is 6.18. The van der Waals surface area contributed by atoms with E-state index in [-0.39, 0.29) is 12.4 Å². The topological polar surface area (TPSA) is 70.6 Å². The first-order valence-electron chi connectivity index (χ1n) is 11.3. The van der Waals surface area contributed by atoms with E-state index in [1.165, 1.54) is 4.68 Å². The van der Waals surface area contributed by atoms with Crippen molar-refractivity contribution in [1.29, 1.82) is 0 Å². The number of para-hydroxylation sites is 1. The normalized spacial score (nSPS) is 12.6. The number of nitrogens with zero attached hydrogens (tertiary/aromatic N) is 4. The molecule has 0 N–H and O–H groups in total. The second-order valence-electron chi connectivity index (χ2n) is 8.38. The maximum absolute atomic E-state index is 13.4. The summed E-state index contributed by atoms with van der Waals surface area (Å²) in [6, 6.07) is 24.9. The highest BCUT2D eigenvalue weighted by molar-refractivity contribution is 5.83. The van der Waals surface area contributed by atoms with E-state index in [0.717, 1.165) is 39.7 Å². The van der Waals surface area contributed by atoms with Crippen LogP contribution in [-0.2, 0) is 0 Å². The molecule has 6 rings (SSSR count). The fourth-order valence-corrected chi connectivity index (χ4v) is 4.46. The van der Waals surface area contributed by atoms with Gasteiger partial charge in [-0.3, -0.25) is 4.79 Å². The highest BCUT2D eigenvalue weighted by atomic mass is 16.7. The molecule has 0 amide bonds. The molecule has 3 heterocycles. The van der Waals surface area contributed by atoms with Crippen LogP contribution < -0.4 is 15.0 Å². The zero-order valence-corrected chi connectivity index (χ0v) is 19.3. The standard InChI is InChI=1S/C28H22N4O3/c1-18-14-21(19(2)31(18)22-12-13-25-26(15-22)35-17-34-25)16-29-32-27(20-8-4-3-5-9-20)30-24-11-7-6-10-23(24)28(32)33/h3-16H,17H2,1-2H3. The Bertz CT molecular complexity index is 1670. The van der Waals surface area contributed by atoms with Crippen molar-refractivity contribution in [2.24, 2.45) is 5.10 Å². The van der Waals surface area contributed by atoms with Gasteiger partial charge >= 0.3 is 0 Å². The van der Waals surface area contributed by atoms with Gasteiger partial charge in [0.25, 0.3) is 5.56 Å². The number of rotatable bonds is 4. The van der Waals surface area contributed by atoms with Gasteiger partial charge in [-0.05, 0) is 44.2 Å². The van der Waals surface area contributed by atoms with E-state index >= 15 is 0 Å². The van der Waals surface area contributed by atoms with Gasteiger partial charge in [0.15, 0.2) is 17.3 Å². The third-order valence-electron chi connectivity index (χ3n) is 6.18. The fraction of sp³-hybridized carbons (Fsp3) is 0.107. The summed E-state index contributed by atoms with van der Waals surface area (Å²) in [5.74, 6) is 1.97. The van der Waals surface area contributed by atoms with E-state index in [2.05, 4.69) is 9.67 Å². The highest BCUT2D eigenvalue weighted by Crippen LogP contribution is 2.34. The maximum Gasteiger partial charge on any atom is 0.282 e. The van der Waals surface area contributed by atoms with Gasteiger partial charge in [0.1, 0.15) is 0 Å². The molecule has 0 bridgehead atoms. The van der Waals surface area contributed by atoms with Crippen molar-refractivity contribution in [3.8, 4) is 28.6 Å². The zero-order valence-electron chi connectivity index (χ0n) is 19.3. The molecule has 0 atom stereocenters. The van der Waals surface area contributed by atoms with Crippen LogP contribution in [0.4, 0.5) is 0 Å². The molecule has 35 heavy (non-hydrogen) atoms. The minimum absolute atomic E-state index is 0.213. The lowest BCUT2D eigenvalue weighted by Gasteiger charge is -2.11. The van der Waals surface area contributed by atoms with Crippen LogP contribution in [0, 0.1) is 13.8 Å². The summed E-state index contributed by atoms with van der Waals surface area (Å²) in [6.45, 7) is 4.30. The van der Waals surface area contributed by atoms with Crippen LogP contribution in [0.5, 0.6) is 11.5 Å². The Hall–Kier alpha value is -4.65. The SMILES string of the molecule is Cc1cc(C=Nn2c(-c3ccccc3)nc3ccccc3c2=O)c(C)n1-c1ccc2c(c1)OCO2. The van der Waals surface area contributed by atoms with Crippen LogP contribution in [0.15, 0.2) is 88.8 Å². The average Bonchev–Trinajstić information content (AvgIpc) is 3.46. The van der Waals surface area contributed by atoms with Crippen LogP contribution in [0.1, 0.15) is 17.0 Å². The largest absolute Gasteiger partial charge is 0.454 e. The predicted molar refractivity (Wildman–Crippen MR) is 136 cm³/mol. The molecule has 0 radical (unpaired) electrons. The third kappa shape index (κ3) is 3.58. The Kier molecular flexibility index (Phi) is 4.95. The van der Waals surface area contributed by atoms with Crippen molar-refractivity contribution in [2.75, 3.05) is 6.79 Å². The van der Waals surface area contributed by atoms with Crippen LogP contribution in [0.25, 0.3) is 28.0 Å². The molecule has 0 saturated carbocycles. The smallest absolute Gasteiger partial charge is 0.282 e. The molecular formula is C28H22N4O3. The lowest BCUT2D eigenvalue weighted by atomic mass is 10.2. The van der Waals surface area contributed by atoms with E-state index in [0.29, 0.717) is 16.7 Å². The quantitative estimate of drug-likeness (QED) is 0.349.